The second kappa shape index (κ2) is 15.8. The molecule has 1 saturated heterocycles. The predicted octanol–water partition coefficient (Wildman–Crippen LogP) is 3.21. The Kier molecular flexibility index (Phi) is 12.1. The number of alkyl halides is 3. The normalized spacial score (nSPS) is 23.3. The number of aliphatic hydroxyl groups is 1. The topological polar surface area (TPSA) is 211 Å². The maximum absolute atomic E-state index is 12.8. The van der Waals surface area contributed by atoms with E-state index in [0.29, 0.717) is 18.4 Å². The molecule has 1 saturated carbocycles. The van der Waals surface area contributed by atoms with Crippen LogP contribution in [-0.4, -0.2) is 80.0 Å². The summed E-state index contributed by atoms with van der Waals surface area (Å²) in [7, 11) is -5.94. The van der Waals surface area contributed by atoms with E-state index < -0.39 is 82.1 Å². The molecular weight excluding hydrogens is 723 g/mol. The molecule has 1 aliphatic carbocycles. The highest BCUT2D eigenvalue weighted by atomic mass is 32.2. The number of carbonyl (C=O) groups excluding carboxylic acids is 4. The minimum absolute atomic E-state index is 0.00674. The van der Waals surface area contributed by atoms with E-state index in [2.05, 4.69) is 4.18 Å². The number of hydrogen-bond acceptors (Lipinski definition) is 15. The summed E-state index contributed by atoms with van der Waals surface area (Å²) in [5, 5.41) is 22.7. The lowest BCUT2D eigenvalue weighted by Gasteiger charge is -2.49. The first-order chi connectivity index (χ1) is 24.2. The second-order valence-corrected chi connectivity index (χ2v) is 13.5. The summed E-state index contributed by atoms with van der Waals surface area (Å²) in [6, 6.07) is 8.98. The van der Waals surface area contributed by atoms with Crippen molar-refractivity contribution in [2.24, 2.45) is 0 Å². The third-order valence-electron chi connectivity index (χ3n) is 7.92. The quantitative estimate of drug-likeness (QED) is 0.143. The van der Waals surface area contributed by atoms with Crippen LogP contribution in [0, 0.1) is 11.3 Å². The van der Waals surface area contributed by atoms with Crippen LogP contribution in [0.15, 0.2) is 36.4 Å². The van der Waals surface area contributed by atoms with Gasteiger partial charge in [-0.15, -0.1) is 0 Å². The first-order valence-electron chi connectivity index (χ1n) is 15.6. The van der Waals surface area contributed by atoms with Gasteiger partial charge in [-0.25, -0.2) is 0 Å². The maximum Gasteiger partial charge on any atom is 0.534 e. The molecule has 52 heavy (non-hydrogen) atoms. The number of rotatable bonds is 12. The summed E-state index contributed by atoms with van der Waals surface area (Å²) in [5.41, 5.74) is -5.41. The zero-order valence-electron chi connectivity index (χ0n) is 28.1. The van der Waals surface area contributed by atoms with Gasteiger partial charge in [0.15, 0.2) is 12.2 Å². The van der Waals surface area contributed by atoms with Crippen molar-refractivity contribution in [1.82, 2.24) is 0 Å². The van der Waals surface area contributed by atoms with Crippen LogP contribution in [0.5, 0.6) is 11.5 Å². The van der Waals surface area contributed by atoms with E-state index in [1.165, 1.54) is 24.3 Å². The lowest BCUT2D eigenvalue weighted by molar-refractivity contribution is -0.360. The number of nitriles is 1. The Morgan fingerprint density at radius 1 is 0.942 bits per heavy atom. The molecule has 1 heterocycles. The molecule has 19 heteroatoms. The Hall–Kier alpha value is -4.93. The van der Waals surface area contributed by atoms with E-state index >= 15 is 0 Å². The molecule has 0 radical (unpaired) electrons. The van der Waals surface area contributed by atoms with Gasteiger partial charge in [0.25, 0.3) is 0 Å². The van der Waals surface area contributed by atoms with E-state index in [1.807, 2.05) is 6.07 Å². The largest absolute Gasteiger partial charge is 0.534 e. The first kappa shape index (κ1) is 39.8. The van der Waals surface area contributed by atoms with Gasteiger partial charge in [-0.1, -0.05) is 12.1 Å². The second-order valence-electron chi connectivity index (χ2n) is 11.9. The van der Waals surface area contributed by atoms with Gasteiger partial charge in [0.05, 0.1) is 23.3 Å². The highest BCUT2D eigenvalue weighted by Crippen LogP contribution is 2.46. The predicted molar refractivity (Wildman–Crippen MR) is 166 cm³/mol. The van der Waals surface area contributed by atoms with E-state index in [-0.39, 0.29) is 35.0 Å². The molecule has 0 unspecified atom stereocenters. The Morgan fingerprint density at radius 3 is 2.04 bits per heavy atom. The SMILES string of the molecule is CC(=O)OC[C@H]1O[C@@](O)(c2cc(Cc3ccc(OS(=O)(=O)C(F)(F)F)cc3)c(C#N)cc2OC2CCC2)[C@H](OC(C)=O)[C@@H](OC(C)=O)[C@@H]1OC(C)=O. The number of hydrogen-bond donors (Lipinski definition) is 1. The first-order valence-corrected chi connectivity index (χ1v) is 17.0. The number of nitrogens with zero attached hydrogens (tertiary/aromatic N) is 1. The number of esters is 4. The van der Waals surface area contributed by atoms with Gasteiger partial charge < -0.3 is 37.7 Å². The average Bonchev–Trinajstić information content (AvgIpc) is 3.01. The number of benzene rings is 2. The van der Waals surface area contributed by atoms with Crippen LogP contribution < -0.4 is 8.92 Å². The van der Waals surface area contributed by atoms with Crippen molar-refractivity contribution in [2.75, 3.05) is 6.61 Å². The highest BCUT2D eigenvalue weighted by molar-refractivity contribution is 7.88. The Labute approximate surface area is 295 Å². The third kappa shape index (κ3) is 9.29. The fourth-order valence-corrected chi connectivity index (χ4v) is 5.93. The Bertz CT molecular complexity index is 1840. The molecule has 1 aliphatic heterocycles. The fraction of sp³-hybridized carbons (Fsp3) is 0.485. The van der Waals surface area contributed by atoms with Gasteiger partial charge in [-0.3, -0.25) is 19.2 Å². The van der Waals surface area contributed by atoms with Gasteiger partial charge in [0, 0.05) is 27.7 Å². The molecule has 15 nitrogen and oxygen atoms in total. The minimum Gasteiger partial charge on any atom is -0.490 e. The van der Waals surface area contributed by atoms with Gasteiger partial charge in [-0.05, 0) is 61.1 Å². The fourth-order valence-electron chi connectivity index (χ4n) is 5.47. The monoisotopic (exact) mass is 757 g/mol. The van der Waals surface area contributed by atoms with Crippen molar-refractivity contribution in [3.63, 3.8) is 0 Å². The maximum atomic E-state index is 12.8. The number of ether oxygens (including phenoxy) is 6. The van der Waals surface area contributed by atoms with Crippen LogP contribution in [0.25, 0.3) is 0 Å². The summed E-state index contributed by atoms with van der Waals surface area (Å²) in [4.78, 5) is 48.9. The summed E-state index contributed by atoms with van der Waals surface area (Å²) in [6.45, 7) is 3.44. The van der Waals surface area contributed by atoms with Crippen LogP contribution >= 0.6 is 0 Å². The van der Waals surface area contributed by atoms with Gasteiger partial charge >= 0.3 is 39.5 Å². The molecule has 0 spiro atoms. The standard InChI is InChI=1S/C33H34F3NO14S/c1-17(38)45-16-28-29(46-18(2)39)30(47-19(3)40)31(48-20(4)41)32(42,50-28)26-13-22(23(15-37)14-27(26)49-24-6-5-7-24)12-21-8-10-25(11-9-21)51-52(43,44)33(34,35)36/h8-11,13-14,24,28-31,42H,5-7,12,16H2,1-4H3/t28-,29-,30+,31-,32+/m1/s1. The molecule has 0 aromatic heterocycles. The Balaban J connectivity index is 1.88. The van der Waals surface area contributed by atoms with Crippen LogP contribution in [-0.2, 0) is 65.2 Å². The molecule has 1 N–H and O–H groups in total. The van der Waals surface area contributed by atoms with Crippen molar-refractivity contribution < 1.29 is 78.5 Å². The van der Waals surface area contributed by atoms with E-state index in [4.69, 9.17) is 28.4 Å². The highest BCUT2D eigenvalue weighted by Gasteiger charge is 2.61. The molecule has 2 aromatic rings. The summed E-state index contributed by atoms with van der Waals surface area (Å²) >= 11 is 0. The molecule has 0 bridgehead atoms. The van der Waals surface area contributed by atoms with Crippen LogP contribution in [0.1, 0.15) is 69.2 Å². The van der Waals surface area contributed by atoms with Gasteiger partial charge in [-0.2, -0.15) is 26.9 Å². The zero-order chi connectivity index (χ0) is 38.6. The van der Waals surface area contributed by atoms with Crippen LogP contribution in [0.4, 0.5) is 13.2 Å². The van der Waals surface area contributed by atoms with Crippen molar-refractivity contribution >= 4 is 34.0 Å². The van der Waals surface area contributed by atoms with E-state index in [1.54, 1.807) is 0 Å². The van der Waals surface area contributed by atoms with Crippen molar-refractivity contribution in [1.29, 1.82) is 5.26 Å². The minimum atomic E-state index is -5.94. The molecule has 5 atom stereocenters. The van der Waals surface area contributed by atoms with Gasteiger partial charge in [0.2, 0.25) is 11.9 Å². The lowest BCUT2D eigenvalue weighted by Crippen LogP contribution is -2.66. The molecule has 0 amide bonds. The molecule has 4 rings (SSSR count). The summed E-state index contributed by atoms with van der Waals surface area (Å²) in [5.74, 6) is -7.19. The molecule has 2 fully saturated rings. The average molecular weight is 758 g/mol. The van der Waals surface area contributed by atoms with E-state index in [9.17, 15) is 51.1 Å². The van der Waals surface area contributed by atoms with Gasteiger partial charge in [0.1, 0.15) is 24.2 Å². The van der Waals surface area contributed by atoms with Crippen LogP contribution in [0.3, 0.4) is 0 Å². The Morgan fingerprint density at radius 2 is 1.54 bits per heavy atom. The van der Waals surface area contributed by atoms with Crippen molar-refractivity contribution in [3.05, 3.63) is 58.7 Å². The molecular formula is C33H34F3NO14S. The molecule has 2 aromatic carbocycles. The van der Waals surface area contributed by atoms with E-state index in [0.717, 1.165) is 46.2 Å². The van der Waals surface area contributed by atoms with Crippen molar-refractivity contribution in [3.8, 4) is 17.6 Å². The third-order valence-corrected chi connectivity index (χ3v) is 8.90. The summed E-state index contributed by atoms with van der Waals surface area (Å²) < 4.78 is 99.2. The number of halogens is 3. The zero-order valence-corrected chi connectivity index (χ0v) is 28.9. The number of carbonyl (C=O) groups is 4. The smallest absolute Gasteiger partial charge is 0.490 e. The van der Waals surface area contributed by atoms with Crippen molar-refractivity contribution in [2.45, 2.75) is 95.2 Å². The summed E-state index contributed by atoms with van der Waals surface area (Å²) in [6.07, 6.45) is -5.38. The van der Waals surface area contributed by atoms with Crippen LogP contribution in [0.2, 0.25) is 0 Å². The lowest BCUT2D eigenvalue weighted by atomic mass is 9.85. The molecule has 282 valence electrons. The molecule has 2 aliphatic rings.